The highest BCUT2D eigenvalue weighted by molar-refractivity contribution is 7.98. The normalized spacial score (nSPS) is 12.3. The standard InChI is InChI=1S/C17H23NO2S/c1-3-10-18-17(13-21-12-16-5-4-11-20-16)14-6-8-15(19-2)9-7-14/h4-9,11,17-18H,3,10,12-13H2,1-2H3. The molecule has 2 aromatic rings. The number of hydrogen-bond acceptors (Lipinski definition) is 4. The van der Waals surface area contributed by atoms with Crippen LogP contribution in [0.5, 0.6) is 5.75 Å². The molecule has 0 aliphatic heterocycles. The maximum atomic E-state index is 5.37. The number of hydrogen-bond donors (Lipinski definition) is 1. The monoisotopic (exact) mass is 305 g/mol. The van der Waals surface area contributed by atoms with Gasteiger partial charge in [0.05, 0.1) is 19.1 Å². The summed E-state index contributed by atoms with van der Waals surface area (Å²) in [5.74, 6) is 3.86. The Hall–Kier alpha value is -1.39. The molecule has 0 radical (unpaired) electrons. The molecule has 1 N–H and O–H groups in total. The van der Waals surface area contributed by atoms with Crippen LogP contribution in [0.25, 0.3) is 0 Å². The van der Waals surface area contributed by atoms with Gasteiger partial charge in [-0.25, -0.2) is 0 Å². The third-order valence-electron chi connectivity index (χ3n) is 3.27. The summed E-state index contributed by atoms with van der Waals surface area (Å²) in [7, 11) is 1.70. The van der Waals surface area contributed by atoms with Crippen LogP contribution >= 0.6 is 11.8 Å². The Kier molecular flexibility index (Phi) is 6.70. The first-order valence-electron chi connectivity index (χ1n) is 7.31. The van der Waals surface area contributed by atoms with Gasteiger partial charge in [-0.15, -0.1) is 0 Å². The Morgan fingerprint density at radius 2 is 2.05 bits per heavy atom. The lowest BCUT2D eigenvalue weighted by Gasteiger charge is -2.19. The van der Waals surface area contributed by atoms with Crippen molar-refractivity contribution in [3.63, 3.8) is 0 Å². The molecule has 3 nitrogen and oxygen atoms in total. The highest BCUT2D eigenvalue weighted by Gasteiger charge is 2.11. The minimum Gasteiger partial charge on any atom is -0.497 e. The Bertz CT molecular complexity index is 496. The molecule has 2 rings (SSSR count). The van der Waals surface area contributed by atoms with E-state index in [-0.39, 0.29) is 0 Å². The van der Waals surface area contributed by atoms with E-state index in [0.717, 1.165) is 36.0 Å². The molecule has 0 saturated heterocycles. The third kappa shape index (κ3) is 5.14. The molecule has 0 spiro atoms. The number of ether oxygens (including phenoxy) is 1. The highest BCUT2D eigenvalue weighted by atomic mass is 32.2. The van der Waals surface area contributed by atoms with Gasteiger partial charge < -0.3 is 14.5 Å². The molecular formula is C17H23NO2S. The van der Waals surface area contributed by atoms with Gasteiger partial charge in [0.1, 0.15) is 11.5 Å². The SMILES string of the molecule is CCCNC(CSCc1ccco1)c1ccc(OC)cc1. The summed E-state index contributed by atoms with van der Waals surface area (Å²) >= 11 is 1.89. The molecule has 0 aliphatic carbocycles. The predicted octanol–water partition coefficient (Wildman–Crippen LogP) is 4.26. The Balaban J connectivity index is 1.92. The molecule has 1 heterocycles. The smallest absolute Gasteiger partial charge is 0.118 e. The number of benzene rings is 1. The van der Waals surface area contributed by atoms with Crippen molar-refractivity contribution in [3.8, 4) is 5.75 Å². The van der Waals surface area contributed by atoms with Crippen molar-refractivity contribution in [2.75, 3.05) is 19.4 Å². The zero-order valence-corrected chi connectivity index (χ0v) is 13.5. The summed E-state index contributed by atoms with van der Waals surface area (Å²) in [5.41, 5.74) is 1.30. The topological polar surface area (TPSA) is 34.4 Å². The van der Waals surface area contributed by atoms with Crippen LogP contribution in [-0.2, 0) is 5.75 Å². The van der Waals surface area contributed by atoms with Crippen LogP contribution in [0.15, 0.2) is 47.1 Å². The van der Waals surface area contributed by atoms with Crippen LogP contribution in [0.3, 0.4) is 0 Å². The Labute approximate surface area is 131 Å². The number of rotatable bonds is 9. The van der Waals surface area contributed by atoms with Gasteiger partial charge in [0, 0.05) is 11.8 Å². The third-order valence-corrected chi connectivity index (χ3v) is 4.33. The quantitative estimate of drug-likeness (QED) is 0.750. The fraction of sp³-hybridized carbons (Fsp3) is 0.412. The first-order valence-corrected chi connectivity index (χ1v) is 8.46. The summed E-state index contributed by atoms with van der Waals surface area (Å²) in [6.07, 6.45) is 2.86. The maximum Gasteiger partial charge on any atom is 0.118 e. The molecule has 114 valence electrons. The van der Waals surface area contributed by atoms with Crippen LogP contribution in [0.1, 0.15) is 30.7 Å². The van der Waals surface area contributed by atoms with Crippen LogP contribution in [-0.4, -0.2) is 19.4 Å². The Morgan fingerprint density at radius 3 is 2.67 bits per heavy atom. The molecule has 4 heteroatoms. The summed E-state index contributed by atoms with van der Waals surface area (Å²) in [5, 5.41) is 3.61. The molecule has 0 fully saturated rings. The summed E-state index contributed by atoms with van der Waals surface area (Å²) < 4.78 is 10.6. The van der Waals surface area contributed by atoms with Crippen molar-refractivity contribution in [1.82, 2.24) is 5.32 Å². The predicted molar refractivity (Wildman–Crippen MR) is 88.9 cm³/mol. The first kappa shape index (κ1) is 16.0. The lowest BCUT2D eigenvalue weighted by molar-refractivity contribution is 0.414. The second kappa shape index (κ2) is 8.80. The van der Waals surface area contributed by atoms with Gasteiger partial charge in [-0.3, -0.25) is 0 Å². The van der Waals surface area contributed by atoms with Crippen molar-refractivity contribution < 1.29 is 9.15 Å². The van der Waals surface area contributed by atoms with Crippen molar-refractivity contribution in [2.45, 2.75) is 25.1 Å². The second-order valence-corrected chi connectivity index (χ2v) is 5.90. The molecule has 0 amide bonds. The van der Waals surface area contributed by atoms with Gasteiger partial charge in [-0.2, -0.15) is 11.8 Å². The van der Waals surface area contributed by atoms with E-state index in [4.69, 9.17) is 9.15 Å². The zero-order valence-electron chi connectivity index (χ0n) is 12.7. The van der Waals surface area contributed by atoms with E-state index in [1.54, 1.807) is 13.4 Å². The van der Waals surface area contributed by atoms with E-state index in [2.05, 4.69) is 24.4 Å². The van der Waals surface area contributed by atoms with Gasteiger partial charge in [0.15, 0.2) is 0 Å². The largest absolute Gasteiger partial charge is 0.497 e. The highest BCUT2D eigenvalue weighted by Crippen LogP contribution is 2.23. The van der Waals surface area contributed by atoms with Crippen LogP contribution in [0.4, 0.5) is 0 Å². The summed E-state index contributed by atoms with van der Waals surface area (Å²) in [4.78, 5) is 0. The minimum absolute atomic E-state index is 0.357. The maximum absolute atomic E-state index is 5.37. The van der Waals surface area contributed by atoms with E-state index in [1.165, 1.54) is 5.56 Å². The van der Waals surface area contributed by atoms with Crippen LogP contribution < -0.4 is 10.1 Å². The lowest BCUT2D eigenvalue weighted by atomic mass is 10.1. The van der Waals surface area contributed by atoms with E-state index in [1.807, 2.05) is 36.0 Å². The molecular weight excluding hydrogens is 282 g/mol. The van der Waals surface area contributed by atoms with Crippen molar-refractivity contribution in [1.29, 1.82) is 0 Å². The lowest BCUT2D eigenvalue weighted by Crippen LogP contribution is -2.24. The molecule has 1 aromatic carbocycles. The van der Waals surface area contributed by atoms with Gasteiger partial charge in [0.2, 0.25) is 0 Å². The average molecular weight is 305 g/mol. The number of methoxy groups -OCH3 is 1. The number of nitrogens with one attached hydrogen (secondary N) is 1. The zero-order chi connectivity index (χ0) is 14.9. The summed E-state index contributed by atoms with van der Waals surface area (Å²) in [6.45, 7) is 3.21. The molecule has 1 unspecified atom stereocenters. The van der Waals surface area contributed by atoms with Crippen molar-refractivity contribution in [2.24, 2.45) is 0 Å². The number of furan rings is 1. The molecule has 0 aliphatic rings. The number of thioether (sulfide) groups is 1. The average Bonchev–Trinajstić information content (AvgIpc) is 3.04. The van der Waals surface area contributed by atoms with E-state index >= 15 is 0 Å². The van der Waals surface area contributed by atoms with E-state index < -0.39 is 0 Å². The van der Waals surface area contributed by atoms with Crippen molar-refractivity contribution >= 4 is 11.8 Å². The van der Waals surface area contributed by atoms with E-state index in [9.17, 15) is 0 Å². The minimum atomic E-state index is 0.357. The molecule has 1 aromatic heterocycles. The van der Waals surface area contributed by atoms with Crippen molar-refractivity contribution in [3.05, 3.63) is 54.0 Å². The second-order valence-electron chi connectivity index (χ2n) is 4.87. The molecule has 0 bridgehead atoms. The van der Waals surface area contributed by atoms with Crippen LogP contribution in [0, 0.1) is 0 Å². The van der Waals surface area contributed by atoms with Gasteiger partial charge in [-0.1, -0.05) is 19.1 Å². The molecule has 0 saturated carbocycles. The molecule has 21 heavy (non-hydrogen) atoms. The van der Waals surface area contributed by atoms with E-state index in [0.29, 0.717) is 6.04 Å². The van der Waals surface area contributed by atoms with Gasteiger partial charge in [0.25, 0.3) is 0 Å². The van der Waals surface area contributed by atoms with Gasteiger partial charge in [-0.05, 0) is 42.8 Å². The Morgan fingerprint density at radius 1 is 1.24 bits per heavy atom. The summed E-state index contributed by atoms with van der Waals surface area (Å²) in [6, 6.07) is 12.6. The fourth-order valence-corrected chi connectivity index (χ4v) is 3.13. The van der Waals surface area contributed by atoms with Crippen LogP contribution in [0.2, 0.25) is 0 Å². The molecule has 1 atom stereocenters. The van der Waals surface area contributed by atoms with Gasteiger partial charge >= 0.3 is 0 Å². The first-order chi connectivity index (χ1) is 10.3. The fourth-order valence-electron chi connectivity index (χ4n) is 2.10.